The Labute approximate surface area is 114 Å². The molecule has 0 amide bonds. The first-order valence-electron chi connectivity index (χ1n) is 6.67. The van der Waals surface area contributed by atoms with Crippen molar-refractivity contribution in [2.75, 3.05) is 20.8 Å². The third-order valence-corrected chi connectivity index (χ3v) is 3.72. The normalized spacial score (nSPS) is 21.6. The Morgan fingerprint density at radius 2 is 1.95 bits per heavy atom. The summed E-state index contributed by atoms with van der Waals surface area (Å²) in [7, 11) is 3.10. The van der Waals surface area contributed by atoms with Crippen LogP contribution in [-0.4, -0.2) is 32.8 Å². The lowest BCUT2D eigenvalue weighted by Gasteiger charge is -2.36. The summed E-state index contributed by atoms with van der Waals surface area (Å²) in [4.78, 5) is 11.0. The molecule has 0 spiro atoms. The van der Waals surface area contributed by atoms with Gasteiger partial charge in [-0.1, -0.05) is 12.1 Å². The zero-order valence-electron chi connectivity index (χ0n) is 11.5. The van der Waals surface area contributed by atoms with Crippen LogP contribution in [-0.2, 0) is 9.53 Å². The number of hydrogen-bond acceptors (Lipinski definition) is 4. The largest absolute Gasteiger partial charge is 0.497 e. The molecule has 1 aliphatic carbocycles. The Kier molecular flexibility index (Phi) is 4.80. The van der Waals surface area contributed by atoms with Crippen molar-refractivity contribution in [2.24, 2.45) is 0 Å². The average Bonchev–Trinajstić information content (AvgIpc) is 2.41. The lowest BCUT2D eigenvalue weighted by Crippen LogP contribution is -2.40. The maximum atomic E-state index is 11.0. The van der Waals surface area contributed by atoms with Gasteiger partial charge in [0.15, 0.2) is 0 Å². The molecule has 1 aromatic carbocycles. The fraction of sp³-hybridized carbons (Fsp3) is 0.533. The lowest BCUT2D eigenvalue weighted by atomic mass is 9.76. The van der Waals surface area contributed by atoms with E-state index < -0.39 is 0 Å². The highest BCUT2D eigenvalue weighted by Gasteiger charge is 2.29. The van der Waals surface area contributed by atoms with Crippen LogP contribution in [0, 0.1) is 0 Å². The average molecular weight is 263 g/mol. The van der Waals surface area contributed by atoms with Gasteiger partial charge in [-0.05, 0) is 36.5 Å². The van der Waals surface area contributed by atoms with Gasteiger partial charge in [-0.3, -0.25) is 4.79 Å². The number of nitrogens with one attached hydrogen (secondary N) is 1. The summed E-state index contributed by atoms with van der Waals surface area (Å²) in [6, 6.07) is 8.81. The van der Waals surface area contributed by atoms with Crippen molar-refractivity contribution >= 4 is 5.97 Å². The maximum absolute atomic E-state index is 11.0. The number of hydrogen-bond donors (Lipinski definition) is 1. The molecular formula is C15H21NO3. The Balaban J connectivity index is 1.69. The fourth-order valence-corrected chi connectivity index (χ4v) is 2.41. The zero-order valence-corrected chi connectivity index (χ0v) is 11.5. The van der Waals surface area contributed by atoms with Gasteiger partial charge in [0.05, 0.1) is 20.6 Å². The number of carbonyl (C=O) groups excluding carboxylic acids is 1. The number of rotatable bonds is 6. The van der Waals surface area contributed by atoms with Gasteiger partial charge < -0.3 is 14.8 Å². The smallest absolute Gasteiger partial charge is 0.306 e. The van der Waals surface area contributed by atoms with E-state index in [1.165, 1.54) is 12.7 Å². The fourth-order valence-electron chi connectivity index (χ4n) is 2.41. The van der Waals surface area contributed by atoms with E-state index in [0.29, 0.717) is 24.9 Å². The third-order valence-electron chi connectivity index (χ3n) is 3.72. The highest BCUT2D eigenvalue weighted by Crippen LogP contribution is 2.37. The minimum Gasteiger partial charge on any atom is -0.497 e. The summed E-state index contributed by atoms with van der Waals surface area (Å²) in [6.07, 6.45) is 2.71. The van der Waals surface area contributed by atoms with Gasteiger partial charge in [0.1, 0.15) is 5.75 Å². The molecule has 0 aromatic heterocycles. The van der Waals surface area contributed by atoms with E-state index in [4.69, 9.17) is 4.74 Å². The van der Waals surface area contributed by atoms with Crippen LogP contribution in [0.4, 0.5) is 0 Å². The van der Waals surface area contributed by atoms with Gasteiger partial charge in [-0.15, -0.1) is 0 Å². The van der Waals surface area contributed by atoms with Gasteiger partial charge in [-0.2, -0.15) is 0 Å². The standard InChI is InChI=1S/C15H21NO3/c1-18-14-5-3-11(4-6-14)12-9-13(10-12)16-8-7-15(17)19-2/h3-6,12-13,16H,7-10H2,1-2H3. The van der Waals surface area contributed by atoms with Gasteiger partial charge in [0.2, 0.25) is 0 Å². The molecule has 0 saturated heterocycles. The molecule has 19 heavy (non-hydrogen) atoms. The summed E-state index contributed by atoms with van der Waals surface area (Å²) < 4.78 is 9.76. The summed E-state index contributed by atoms with van der Waals surface area (Å²) in [5, 5.41) is 3.38. The first-order valence-corrected chi connectivity index (χ1v) is 6.67. The van der Waals surface area contributed by atoms with E-state index in [1.54, 1.807) is 7.11 Å². The van der Waals surface area contributed by atoms with Crippen LogP contribution in [0.15, 0.2) is 24.3 Å². The van der Waals surface area contributed by atoms with Gasteiger partial charge in [-0.25, -0.2) is 0 Å². The molecule has 1 aromatic rings. The molecule has 1 aliphatic rings. The minimum atomic E-state index is -0.154. The highest BCUT2D eigenvalue weighted by atomic mass is 16.5. The summed E-state index contributed by atoms with van der Waals surface area (Å²) >= 11 is 0. The number of ether oxygens (including phenoxy) is 2. The molecule has 1 N–H and O–H groups in total. The van der Waals surface area contributed by atoms with Crippen molar-refractivity contribution in [1.29, 1.82) is 0 Å². The predicted molar refractivity (Wildman–Crippen MR) is 73.4 cm³/mol. The van der Waals surface area contributed by atoms with Crippen LogP contribution >= 0.6 is 0 Å². The predicted octanol–water partition coefficient (Wildman–Crippen LogP) is 2.09. The molecule has 1 saturated carbocycles. The maximum Gasteiger partial charge on any atom is 0.306 e. The second-order valence-electron chi connectivity index (χ2n) is 4.92. The van der Waals surface area contributed by atoms with Crippen molar-refractivity contribution in [1.82, 2.24) is 5.32 Å². The van der Waals surface area contributed by atoms with Gasteiger partial charge in [0.25, 0.3) is 0 Å². The van der Waals surface area contributed by atoms with Crippen molar-refractivity contribution in [3.05, 3.63) is 29.8 Å². The van der Waals surface area contributed by atoms with E-state index in [0.717, 1.165) is 18.6 Å². The van der Waals surface area contributed by atoms with Crippen molar-refractivity contribution in [3.63, 3.8) is 0 Å². The van der Waals surface area contributed by atoms with Crippen LogP contribution in [0.1, 0.15) is 30.7 Å². The molecule has 0 radical (unpaired) electrons. The van der Waals surface area contributed by atoms with E-state index >= 15 is 0 Å². The molecule has 1 fully saturated rings. The van der Waals surface area contributed by atoms with Gasteiger partial charge >= 0.3 is 5.97 Å². The minimum absolute atomic E-state index is 0.154. The van der Waals surface area contributed by atoms with E-state index in [-0.39, 0.29) is 5.97 Å². The molecule has 104 valence electrons. The van der Waals surface area contributed by atoms with Crippen molar-refractivity contribution < 1.29 is 14.3 Å². The van der Waals surface area contributed by atoms with Crippen LogP contribution in [0.25, 0.3) is 0 Å². The van der Waals surface area contributed by atoms with Crippen LogP contribution in [0.3, 0.4) is 0 Å². The quantitative estimate of drug-likeness (QED) is 0.798. The monoisotopic (exact) mass is 263 g/mol. The SMILES string of the molecule is COC(=O)CCNC1CC(c2ccc(OC)cc2)C1. The van der Waals surface area contributed by atoms with Crippen LogP contribution in [0.5, 0.6) is 5.75 Å². The molecule has 0 aliphatic heterocycles. The van der Waals surface area contributed by atoms with Crippen LogP contribution < -0.4 is 10.1 Å². The van der Waals surface area contributed by atoms with E-state index in [1.807, 2.05) is 12.1 Å². The molecular weight excluding hydrogens is 242 g/mol. The lowest BCUT2D eigenvalue weighted by molar-refractivity contribution is -0.140. The third kappa shape index (κ3) is 3.70. The summed E-state index contributed by atoms with van der Waals surface area (Å²) in [6.45, 7) is 0.701. The second kappa shape index (κ2) is 6.57. The molecule has 0 unspecified atom stereocenters. The summed E-state index contributed by atoms with van der Waals surface area (Å²) in [5.74, 6) is 1.37. The van der Waals surface area contributed by atoms with Crippen molar-refractivity contribution in [3.8, 4) is 5.75 Å². The molecule has 4 nitrogen and oxygen atoms in total. The Morgan fingerprint density at radius 1 is 1.26 bits per heavy atom. The Morgan fingerprint density at radius 3 is 2.53 bits per heavy atom. The first-order chi connectivity index (χ1) is 9.22. The first kappa shape index (κ1) is 13.9. The second-order valence-corrected chi connectivity index (χ2v) is 4.92. The number of esters is 1. The van der Waals surface area contributed by atoms with Crippen molar-refractivity contribution in [2.45, 2.75) is 31.2 Å². The molecule has 4 heteroatoms. The Hall–Kier alpha value is -1.55. The molecule has 0 bridgehead atoms. The number of benzene rings is 1. The molecule has 0 atom stereocenters. The topological polar surface area (TPSA) is 47.6 Å². The Bertz CT molecular complexity index is 410. The highest BCUT2D eigenvalue weighted by molar-refractivity contribution is 5.69. The van der Waals surface area contributed by atoms with Crippen LogP contribution in [0.2, 0.25) is 0 Å². The zero-order chi connectivity index (χ0) is 13.7. The number of methoxy groups -OCH3 is 2. The van der Waals surface area contributed by atoms with Gasteiger partial charge in [0, 0.05) is 12.6 Å². The van der Waals surface area contributed by atoms with E-state index in [2.05, 4.69) is 22.2 Å². The molecule has 2 rings (SSSR count). The number of carbonyl (C=O) groups is 1. The summed E-state index contributed by atoms with van der Waals surface area (Å²) in [5.41, 5.74) is 1.37. The molecule has 0 heterocycles. The van der Waals surface area contributed by atoms with E-state index in [9.17, 15) is 4.79 Å².